The van der Waals surface area contributed by atoms with Crippen molar-refractivity contribution in [2.75, 3.05) is 0 Å². The highest BCUT2D eigenvalue weighted by Gasteiger charge is 2.23. The first kappa shape index (κ1) is 15.3. The predicted octanol–water partition coefficient (Wildman–Crippen LogP) is 3.02. The predicted molar refractivity (Wildman–Crippen MR) is 87.6 cm³/mol. The van der Waals surface area contributed by atoms with Crippen LogP contribution in [0.4, 0.5) is 0 Å². The van der Waals surface area contributed by atoms with E-state index in [1.807, 2.05) is 17.1 Å². The molecule has 22 heavy (non-hydrogen) atoms. The number of hydrogen-bond acceptors (Lipinski definition) is 3. The van der Waals surface area contributed by atoms with Gasteiger partial charge in [-0.1, -0.05) is 0 Å². The van der Waals surface area contributed by atoms with Crippen LogP contribution in [0.3, 0.4) is 0 Å². The molecule has 0 aliphatic heterocycles. The lowest BCUT2D eigenvalue weighted by atomic mass is 9.93. The minimum atomic E-state index is 0.0402. The Balaban J connectivity index is 1.68. The van der Waals surface area contributed by atoms with E-state index in [0.29, 0.717) is 6.04 Å². The molecule has 0 bridgehead atoms. The summed E-state index contributed by atoms with van der Waals surface area (Å²) < 4.78 is 4.17. The number of aryl methyl sites for hydroxylation is 1. The Morgan fingerprint density at radius 2 is 2.09 bits per heavy atom. The molecule has 0 spiro atoms. The van der Waals surface area contributed by atoms with Gasteiger partial charge in [0.05, 0.1) is 17.9 Å². The summed E-state index contributed by atoms with van der Waals surface area (Å²) in [7, 11) is 0. The molecule has 1 aliphatic rings. The number of nitrogens with one attached hydrogen (secondary N) is 1. The second kappa shape index (κ2) is 5.88. The second-order valence-corrected chi connectivity index (χ2v) is 7.15. The fourth-order valence-corrected chi connectivity index (χ4v) is 3.16. The highest BCUT2D eigenvalue weighted by molar-refractivity contribution is 5.25. The van der Waals surface area contributed by atoms with Crippen molar-refractivity contribution < 1.29 is 0 Å². The van der Waals surface area contributed by atoms with Crippen LogP contribution in [0.25, 0.3) is 0 Å². The third-order valence-electron chi connectivity index (χ3n) is 4.44. The summed E-state index contributed by atoms with van der Waals surface area (Å²) in [5, 5.41) is 12.7. The standard InChI is InChI=1S/C17H27N5/c1-5-21-16-8-6-7-15(14(16)11-19-21)18-9-13-10-20-22(12-13)17(2,3)4/h10-12,15,18H,5-9H2,1-4H3/t15-/m0/s1. The van der Waals surface area contributed by atoms with Crippen LogP contribution in [0, 0.1) is 0 Å². The van der Waals surface area contributed by atoms with Gasteiger partial charge in [0.25, 0.3) is 0 Å². The van der Waals surface area contributed by atoms with E-state index in [9.17, 15) is 0 Å². The van der Waals surface area contributed by atoms with Gasteiger partial charge in [0.2, 0.25) is 0 Å². The molecule has 0 fully saturated rings. The van der Waals surface area contributed by atoms with Crippen molar-refractivity contribution in [3.05, 3.63) is 35.4 Å². The van der Waals surface area contributed by atoms with E-state index in [2.05, 4.69) is 54.1 Å². The van der Waals surface area contributed by atoms with Crippen LogP contribution in [0.1, 0.15) is 63.4 Å². The van der Waals surface area contributed by atoms with E-state index in [0.717, 1.165) is 19.5 Å². The molecule has 1 atom stereocenters. The molecule has 5 heteroatoms. The van der Waals surface area contributed by atoms with Crippen LogP contribution in [0.15, 0.2) is 18.6 Å². The Labute approximate surface area is 132 Å². The van der Waals surface area contributed by atoms with Crippen molar-refractivity contribution in [3.63, 3.8) is 0 Å². The number of rotatable bonds is 4. The normalized spacial score (nSPS) is 18.5. The van der Waals surface area contributed by atoms with Crippen molar-refractivity contribution in [2.45, 2.75) is 71.6 Å². The van der Waals surface area contributed by atoms with E-state index in [1.165, 1.54) is 29.7 Å². The van der Waals surface area contributed by atoms with Gasteiger partial charge in [-0.25, -0.2) is 0 Å². The van der Waals surface area contributed by atoms with Crippen LogP contribution in [0.2, 0.25) is 0 Å². The summed E-state index contributed by atoms with van der Waals surface area (Å²) in [4.78, 5) is 0. The van der Waals surface area contributed by atoms with Crippen LogP contribution >= 0.6 is 0 Å². The average Bonchev–Trinajstić information content (AvgIpc) is 3.11. The first-order valence-electron chi connectivity index (χ1n) is 8.31. The zero-order valence-corrected chi connectivity index (χ0v) is 14.1. The molecule has 5 nitrogen and oxygen atoms in total. The minimum Gasteiger partial charge on any atom is -0.306 e. The minimum absolute atomic E-state index is 0.0402. The molecular weight excluding hydrogens is 274 g/mol. The number of hydrogen-bond donors (Lipinski definition) is 1. The first-order valence-corrected chi connectivity index (χ1v) is 8.31. The Morgan fingerprint density at radius 3 is 2.77 bits per heavy atom. The van der Waals surface area contributed by atoms with Gasteiger partial charge >= 0.3 is 0 Å². The molecule has 2 aromatic heterocycles. The van der Waals surface area contributed by atoms with Gasteiger partial charge in [0.1, 0.15) is 0 Å². The zero-order chi connectivity index (χ0) is 15.7. The van der Waals surface area contributed by atoms with E-state index < -0.39 is 0 Å². The average molecular weight is 301 g/mol. The molecule has 120 valence electrons. The molecular formula is C17H27N5. The molecule has 0 aromatic carbocycles. The summed E-state index contributed by atoms with van der Waals surface area (Å²) in [6.07, 6.45) is 9.74. The molecule has 3 rings (SSSR count). The van der Waals surface area contributed by atoms with E-state index >= 15 is 0 Å². The largest absolute Gasteiger partial charge is 0.306 e. The Hall–Kier alpha value is -1.62. The lowest BCUT2D eigenvalue weighted by Crippen LogP contribution is -2.25. The Kier molecular flexibility index (Phi) is 4.08. The summed E-state index contributed by atoms with van der Waals surface area (Å²) in [6.45, 7) is 10.5. The SMILES string of the molecule is CCn1ncc2c1CCC[C@@H]2NCc1cnn(C(C)(C)C)c1. The number of nitrogens with zero attached hydrogens (tertiary/aromatic N) is 4. The fourth-order valence-electron chi connectivity index (χ4n) is 3.16. The molecule has 2 heterocycles. The van der Waals surface area contributed by atoms with Gasteiger partial charge in [-0.15, -0.1) is 0 Å². The maximum Gasteiger partial charge on any atom is 0.0543 e. The van der Waals surface area contributed by atoms with Crippen molar-refractivity contribution in [2.24, 2.45) is 0 Å². The van der Waals surface area contributed by atoms with Crippen LogP contribution in [-0.4, -0.2) is 19.6 Å². The molecule has 1 N–H and O–H groups in total. The zero-order valence-electron chi connectivity index (χ0n) is 14.1. The monoisotopic (exact) mass is 301 g/mol. The maximum atomic E-state index is 4.52. The maximum absolute atomic E-state index is 4.52. The topological polar surface area (TPSA) is 47.7 Å². The van der Waals surface area contributed by atoms with Crippen molar-refractivity contribution in [1.82, 2.24) is 24.9 Å². The second-order valence-electron chi connectivity index (χ2n) is 7.15. The smallest absolute Gasteiger partial charge is 0.0543 e. The van der Waals surface area contributed by atoms with Crippen molar-refractivity contribution in [3.8, 4) is 0 Å². The summed E-state index contributed by atoms with van der Waals surface area (Å²) in [5.41, 5.74) is 4.08. The summed E-state index contributed by atoms with van der Waals surface area (Å²) in [5.74, 6) is 0. The Morgan fingerprint density at radius 1 is 1.27 bits per heavy atom. The Bertz CT molecular complexity index is 632. The summed E-state index contributed by atoms with van der Waals surface area (Å²) >= 11 is 0. The molecule has 2 aromatic rings. The molecule has 0 saturated carbocycles. The summed E-state index contributed by atoms with van der Waals surface area (Å²) in [6, 6.07) is 0.419. The number of fused-ring (bicyclic) bond motifs is 1. The van der Waals surface area contributed by atoms with Gasteiger partial charge in [-0.2, -0.15) is 10.2 Å². The van der Waals surface area contributed by atoms with Crippen LogP contribution in [0.5, 0.6) is 0 Å². The van der Waals surface area contributed by atoms with Crippen LogP contribution in [-0.2, 0) is 25.0 Å². The molecule has 0 amide bonds. The quantitative estimate of drug-likeness (QED) is 0.944. The van der Waals surface area contributed by atoms with Gasteiger partial charge in [0.15, 0.2) is 0 Å². The fraction of sp³-hybridized carbons (Fsp3) is 0.647. The van der Waals surface area contributed by atoms with Gasteiger partial charge < -0.3 is 5.32 Å². The highest BCUT2D eigenvalue weighted by atomic mass is 15.3. The van der Waals surface area contributed by atoms with E-state index in [-0.39, 0.29) is 5.54 Å². The van der Waals surface area contributed by atoms with Gasteiger partial charge in [0, 0.05) is 42.1 Å². The molecule has 0 radical (unpaired) electrons. The van der Waals surface area contributed by atoms with Crippen LogP contribution < -0.4 is 5.32 Å². The third-order valence-corrected chi connectivity index (χ3v) is 4.44. The van der Waals surface area contributed by atoms with Gasteiger partial charge in [-0.05, 0) is 47.0 Å². The van der Waals surface area contributed by atoms with Gasteiger partial charge in [-0.3, -0.25) is 9.36 Å². The van der Waals surface area contributed by atoms with E-state index in [1.54, 1.807) is 0 Å². The molecule has 1 aliphatic carbocycles. The van der Waals surface area contributed by atoms with Crippen molar-refractivity contribution in [1.29, 1.82) is 0 Å². The number of aromatic nitrogens is 4. The first-order chi connectivity index (χ1) is 10.5. The lowest BCUT2D eigenvalue weighted by Gasteiger charge is -2.24. The lowest BCUT2D eigenvalue weighted by molar-refractivity contribution is 0.355. The van der Waals surface area contributed by atoms with E-state index in [4.69, 9.17) is 0 Å². The van der Waals surface area contributed by atoms with Crippen molar-refractivity contribution >= 4 is 0 Å². The molecule has 0 saturated heterocycles. The molecule has 0 unspecified atom stereocenters. The third kappa shape index (κ3) is 2.95. The highest BCUT2D eigenvalue weighted by Crippen LogP contribution is 2.29.